The summed E-state index contributed by atoms with van der Waals surface area (Å²) in [4.78, 5) is 22.3. The molecule has 0 aromatic heterocycles. The second-order valence-corrected chi connectivity index (χ2v) is 4.10. The van der Waals surface area contributed by atoms with Crippen molar-refractivity contribution in [2.45, 2.75) is 32.7 Å². The van der Waals surface area contributed by atoms with Gasteiger partial charge in [0, 0.05) is 6.92 Å². The lowest BCUT2D eigenvalue weighted by Crippen LogP contribution is -2.34. The zero-order chi connectivity index (χ0) is 14.3. The Morgan fingerprint density at radius 1 is 1.21 bits per heavy atom. The summed E-state index contributed by atoms with van der Waals surface area (Å²) in [6.07, 6.45) is -0.998. The van der Waals surface area contributed by atoms with Gasteiger partial charge in [-0.3, -0.25) is 4.79 Å². The maximum Gasteiger partial charge on any atom is 0.376 e. The molecule has 0 bridgehead atoms. The molecule has 0 saturated carbocycles. The summed E-state index contributed by atoms with van der Waals surface area (Å²) >= 11 is 0. The van der Waals surface area contributed by atoms with E-state index < -0.39 is 18.2 Å². The molecule has 19 heavy (non-hydrogen) atoms. The first-order chi connectivity index (χ1) is 9.02. The Bertz CT molecular complexity index is 415. The second kappa shape index (κ2) is 7.53. The van der Waals surface area contributed by atoms with Crippen molar-refractivity contribution in [1.82, 2.24) is 0 Å². The number of carbonyl (C=O) groups is 2. The van der Waals surface area contributed by atoms with Crippen LogP contribution in [0.1, 0.15) is 19.4 Å². The molecular weight excluding hydrogens is 248 g/mol. The number of methoxy groups -OCH3 is 1. The molecule has 0 aliphatic rings. The van der Waals surface area contributed by atoms with Crippen LogP contribution in [0.4, 0.5) is 0 Å². The zero-order valence-corrected chi connectivity index (χ0v) is 11.3. The molecule has 5 heteroatoms. The monoisotopic (exact) mass is 266 g/mol. The van der Waals surface area contributed by atoms with Gasteiger partial charge in [0.1, 0.15) is 0 Å². The van der Waals surface area contributed by atoms with Crippen molar-refractivity contribution in [2.24, 2.45) is 0 Å². The average molecular weight is 266 g/mol. The minimum absolute atomic E-state index is 0.286. The van der Waals surface area contributed by atoms with E-state index in [1.807, 2.05) is 30.3 Å². The highest BCUT2D eigenvalue weighted by Gasteiger charge is 2.25. The fourth-order valence-electron chi connectivity index (χ4n) is 1.58. The van der Waals surface area contributed by atoms with Gasteiger partial charge >= 0.3 is 18.2 Å². The number of rotatable bonds is 6. The highest BCUT2D eigenvalue weighted by Crippen LogP contribution is 2.09. The largest absolute Gasteiger partial charge is 0.464 e. The summed E-state index contributed by atoms with van der Waals surface area (Å²) in [7, 11) is 1.21. The van der Waals surface area contributed by atoms with Crippen LogP contribution < -0.4 is 0 Å². The maximum atomic E-state index is 11.4. The fourth-order valence-corrected chi connectivity index (χ4v) is 1.58. The molecule has 2 atom stereocenters. The Kier molecular flexibility index (Phi) is 6.02. The Labute approximate surface area is 112 Å². The number of hydrogen-bond donors (Lipinski definition) is 0. The van der Waals surface area contributed by atoms with Gasteiger partial charge in [-0.25, -0.2) is 4.79 Å². The summed E-state index contributed by atoms with van der Waals surface area (Å²) in [5.74, 6) is -1.32. The van der Waals surface area contributed by atoms with Crippen LogP contribution in [0, 0.1) is 0 Å². The van der Waals surface area contributed by atoms with Crippen molar-refractivity contribution in [1.29, 1.82) is 0 Å². The normalized spacial score (nSPS) is 13.4. The van der Waals surface area contributed by atoms with E-state index in [4.69, 9.17) is 9.47 Å². The van der Waals surface area contributed by atoms with Gasteiger partial charge in [0.2, 0.25) is 0 Å². The smallest absolute Gasteiger partial charge is 0.376 e. The van der Waals surface area contributed by atoms with Gasteiger partial charge in [0.05, 0.1) is 13.2 Å². The van der Waals surface area contributed by atoms with E-state index in [2.05, 4.69) is 4.74 Å². The van der Waals surface area contributed by atoms with Crippen molar-refractivity contribution >= 4 is 11.9 Å². The van der Waals surface area contributed by atoms with Crippen molar-refractivity contribution < 1.29 is 23.8 Å². The van der Waals surface area contributed by atoms with E-state index >= 15 is 0 Å². The highest BCUT2D eigenvalue weighted by atomic mass is 16.7. The molecule has 0 amide bonds. The first-order valence-electron chi connectivity index (χ1n) is 5.97. The van der Waals surface area contributed by atoms with Gasteiger partial charge < -0.3 is 14.2 Å². The number of ether oxygens (including phenoxy) is 3. The molecule has 5 nitrogen and oxygen atoms in total. The van der Waals surface area contributed by atoms with E-state index in [1.54, 1.807) is 6.92 Å². The van der Waals surface area contributed by atoms with E-state index in [0.717, 1.165) is 5.56 Å². The third-order valence-electron chi connectivity index (χ3n) is 2.39. The third kappa shape index (κ3) is 5.52. The van der Waals surface area contributed by atoms with Crippen LogP contribution >= 0.6 is 0 Å². The zero-order valence-electron chi connectivity index (χ0n) is 11.3. The molecule has 0 heterocycles. The number of hydrogen-bond acceptors (Lipinski definition) is 5. The molecule has 104 valence electrons. The van der Waals surface area contributed by atoms with Crippen LogP contribution in [0.25, 0.3) is 0 Å². The van der Waals surface area contributed by atoms with E-state index in [0.29, 0.717) is 6.42 Å². The van der Waals surface area contributed by atoms with Crippen LogP contribution in [0.3, 0.4) is 0 Å². The number of esters is 2. The first-order valence-corrected chi connectivity index (χ1v) is 5.97. The predicted octanol–water partition coefficient (Wildman–Crippen LogP) is 1.70. The maximum absolute atomic E-state index is 11.4. The van der Waals surface area contributed by atoms with Crippen LogP contribution in [0.2, 0.25) is 0 Å². The summed E-state index contributed by atoms with van der Waals surface area (Å²) in [6, 6.07) is 9.68. The average Bonchev–Trinajstić information content (AvgIpc) is 2.37. The molecular formula is C14H18O5. The predicted molar refractivity (Wildman–Crippen MR) is 68.3 cm³/mol. The molecule has 0 aliphatic heterocycles. The van der Waals surface area contributed by atoms with Gasteiger partial charge in [-0.15, -0.1) is 0 Å². The van der Waals surface area contributed by atoms with E-state index in [-0.39, 0.29) is 6.10 Å². The van der Waals surface area contributed by atoms with Gasteiger partial charge in [-0.1, -0.05) is 30.3 Å². The summed E-state index contributed by atoms with van der Waals surface area (Å²) < 4.78 is 14.7. The Hall–Kier alpha value is -1.88. The number of carbonyl (C=O) groups excluding carboxylic acids is 2. The molecule has 0 radical (unpaired) electrons. The molecule has 0 N–H and O–H groups in total. The molecule has 0 aliphatic carbocycles. The second-order valence-electron chi connectivity index (χ2n) is 4.10. The molecule has 0 saturated heterocycles. The first kappa shape index (κ1) is 15.2. The van der Waals surface area contributed by atoms with Crippen LogP contribution in [0.5, 0.6) is 0 Å². The molecule has 2 unspecified atom stereocenters. The minimum Gasteiger partial charge on any atom is -0.464 e. The third-order valence-corrected chi connectivity index (χ3v) is 2.39. The molecule has 1 aromatic rings. The van der Waals surface area contributed by atoms with Crippen molar-refractivity contribution in [3.63, 3.8) is 0 Å². The molecule has 1 aromatic carbocycles. The van der Waals surface area contributed by atoms with E-state index in [1.165, 1.54) is 14.0 Å². The van der Waals surface area contributed by atoms with Gasteiger partial charge in [-0.05, 0) is 18.9 Å². The minimum atomic E-state index is -1.32. The molecule has 0 spiro atoms. The fraction of sp³-hybridized carbons (Fsp3) is 0.429. The van der Waals surface area contributed by atoms with Crippen LogP contribution in [-0.4, -0.2) is 31.4 Å². The van der Waals surface area contributed by atoms with Crippen LogP contribution in [-0.2, 0) is 30.2 Å². The lowest BCUT2D eigenvalue weighted by Gasteiger charge is -2.20. The number of benzene rings is 1. The molecule has 1 rings (SSSR count). The van der Waals surface area contributed by atoms with Crippen molar-refractivity contribution in [2.75, 3.05) is 7.11 Å². The Morgan fingerprint density at radius 3 is 2.37 bits per heavy atom. The van der Waals surface area contributed by atoms with Gasteiger partial charge in [0.25, 0.3) is 0 Å². The van der Waals surface area contributed by atoms with Gasteiger partial charge in [-0.2, -0.15) is 0 Å². The summed E-state index contributed by atoms with van der Waals surface area (Å²) in [5, 5.41) is 0. The van der Waals surface area contributed by atoms with Crippen LogP contribution in [0.15, 0.2) is 30.3 Å². The quantitative estimate of drug-likeness (QED) is 0.579. The van der Waals surface area contributed by atoms with Gasteiger partial charge in [0.15, 0.2) is 0 Å². The Balaban J connectivity index is 2.58. The summed E-state index contributed by atoms with van der Waals surface area (Å²) in [5.41, 5.74) is 1.07. The van der Waals surface area contributed by atoms with Crippen molar-refractivity contribution in [3.05, 3.63) is 35.9 Å². The van der Waals surface area contributed by atoms with Crippen molar-refractivity contribution in [3.8, 4) is 0 Å². The lowest BCUT2D eigenvalue weighted by molar-refractivity contribution is -0.205. The molecule has 0 fully saturated rings. The topological polar surface area (TPSA) is 61.8 Å². The summed E-state index contributed by atoms with van der Waals surface area (Å²) in [6.45, 7) is 3.01. The highest BCUT2D eigenvalue weighted by molar-refractivity contribution is 5.77. The SMILES string of the molecule is COC(=O)C(OC(C)=O)OC(C)Cc1ccccc1. The van der Waals surface area contributed by atoms with E-state index in [9.17, 15) is 9.59 Å². The standard InChI is InChI=1S/C14H18O5/c1-10(9-12-7-5-4-6-8-12)18-14(13(16)17-3)19-11(2)15/h4-8,10,14H,9H2,1-3H3. The lowest BCUT2D eigenvalue weighted by atomic mass is 10.1. The Morgan fingerprint density at radius 2 is 1.84 bits per heavy atom.